The molecule has 0 saturated carbocycles. The average molecular weight is 532 g/mol. The Balaban J connectivity index is 1.89. The zero-order chi connectivity index (χ0) is 27.0. The van der Waals surface area contributed by atoms with Crippen molar-refractivity contribution in [3.05, 3.63) is 60.7 Å². The number of carbonyl (C=O) groups excluding carboxylic acids is 2. The summed E-state index contributed by atoms with van der Waals surface area (Å²) in [5.74, 6) is 0. The molecule has 0 atom stereocenters. The van der Waals surface area contributed by atoms with E-state index in [1.807, 2.05) is 10.6 Å². The number of hydrogen-bond donors (Lipinski definition) is 2. The minimum Gasteiger partial charge on any atom is -0.440 e. The maximum atomic E-state index is 13.6. The number of carbonyl (C=O) groups is 2. The zero-order valence-electron chi connectivity index (χ0n) is 17.7. The Morgan fingerprint density at radius 3 is 1.19 bits per heavy atom. The lowest BCUT2D eigenvalue weighted by Crippen LogP contribution is -2.53. The molecule has 0 aromatic heterocycles. The first-order valence-corrected chi connectivity index (χ1v) is 9.50. The highest BCUT2D eigenvalue weighted by molar-refractivity contribution is 5.84. The summed E-state index contributed by atoms with van der Waals surface area (Å²) < 4.78 is 122. The van der Waals surface area contributed by atoms with E-state index in [-0.39, 0.29) is 11.4 Å². The Hall–Kier alpha value is -3.66. The average Bonchev–Trinajstić information content (AvgIpc) is 2.76. The Morgan fingerprint density at radius 2 is 0.889 bits per heavy atom. The van der Waals surface area contributed by atoms with Crippen molar-refractivity contribution in [2.75, 3.05) is 23.8 Å². The molecule has 0 aliphatic rings. The van der Waals surface area contributed by atoms with Gasteiger partial charge in [-0.15, -0.1) is 0 Å². The molecule has 2 N–H and O–H groups in total. The second-order valence-corrected chi connectivity index (χ2v) is 6.65. The predicted octanol–water partition coefficient (Wildman–Crippen LogP) is 5.89. The maximum absolute atomic E-state index is 13.6. The molecule has 198 valence electrons. The summed E-state index contributed by atoms with van der Waals surface area (Å²) in [6.07, 6.45) is -26.4. The van der Waals surface area contributed by atoms with Crippen LogP contribution in [0.25, 0.3) is 0 Å². The van der Waals surface area contributed by atoms with Crippen LogP contribution < -0.4 is 10.6 Å². The molecule has 0 unspecified atom stereocenters. The third-order valence-corrected chi connectivity index (χ3v) is 3.68. The summed E-state index contributed by atoms with van der Waals surface area (Å²) in [6, 6.07) is 14.0. The molecule has 2 rings (SSSR count). The lowest BCUT2D eigenvalue weighted by Gasteiger charge is -2.30. The van der Waals surface area contributed by atoms with Gasteiger partial charge in [0.1, 0.15) is 0 Å². The topological polar surface area (TPSA) is 95.1 Å². The summed E-state index contributed by atoms with van der Waals surface area (Å²) in [7, 11) is 0. The molecule has 0 spiro atoms. The van der Waals surface area contributed by atoms with Crippen LogP contribution in [0.5, 0.6) is 0 Å². The largest absolute Gasteiger partial charge is 0.453 e. The molecule has 36 heavy (non-hydrogen) atoms. The van der Waals surface area contributed by atoms with Gasteiger partial charge in [-0.3, -0.25) is 10.6 Å². The van der Waals surface area contributed by atoms with Crippen LogP contribution in [-0.4, -0.2) is 49.8 Å². The van der Waals surface area contributed by atoms with E-state index >= 15 is 0 Å². The van der Waals surface area contributed by atoms with E-state index < -0.39 is 49.8 Å². The second-order valence-electron chi connectivity index (χ2n) is 6.65. The van der Waals surface area contributed by atoms with Crippen molar-refractivity contribution < 1.29 is 63.7 Å². The summed E-state index contributed by atoms with van der Waals surface area (Å²) >= 11 is 0. The minimum atomic E-state index is -6.36. The normalized spacial score (nSPS) is 12.6. The molecular formula is C20H16F8N2O6. The van der Waals surface area contributed by atoms with Crippen LogP contribution in [-0.2, 0) is 18.9 Å². The molecule has 2 aromatic rings. The Morgan fingerprint density at radius 1 is 0.583 bits per heavy atom. The number of rotatable bonds is 11. The third kappa shape index (κ3) is 9.18. The standard InChI is InChI=1S/C20H16F8N2O6/c21-17(22,11-33-15(31)29-13-7-3-1-4-8-13)35-19(25,26)20(27,28)36-18(23,24)12-34-16(32)30-14-9-5-2-6-10-14/h1-10H,11-12H2,(H,29,31)(H,30,32). The number of hydrogen-bond acceptors (Lipinski definition) is 6. The first-order chi connectivity index (χ1) is 16.6. The molecule has 0 aliphatic carbocycles. The van der Waals surface area contributed by atoms with Crippen LogP contribution in [0.3, 0.4) is 0 Å². The first kappa shape index (κ1) is 28.6. The minimum absolute atomic E-state index is 0.0545. The molecule has 2 aromatic carbocycles. The molecule has 0 bridgehead atoms. The summed E-state index contributed by atoms with van der Waals surface area (Å²) in [5.41, 5.74) is 0.109. The molecule has 0 fully saturated rings. The van der Waals surface area contributed by atoms with Crippen LogP contribution >= 0.6 is 0 Å². The van der Waals surface area contributed by atoms with E-state index in [9.17, 15) is 44.7 Å². The van der Waals surface area contributed by atoms with Crippen molar-refractivity contribution in [1.29, 1.82) is 0 Å². The van der Waals surface area contributed by atoms with E-state index in [1.54, 1.807) is 0 Å². The second kappa shape index (κ2) is 11.4. The van der Waals surface area contributed by atoms with Crippen molar-refractivity contribution in [3.8, 4) is 0 Å². The highest BCUT2D eigenvalue weighted by atomic mass is 19.3. The van der Waals surface area contributed by atoms with Crippen molar-refractivity contribution >= 4 is 23.6 Å². The monoisotopic (exact) mass is 532 g/mol. The molecular weight excluding hydrogens is 516 g/mol. The zero-order valence-corrected chi connectivity index (χ0v) is 17.7. The first-order valence-electron chi connectivity index (χ1n) is 9.50. The van der Waals surface area contributed by atoms with Gasteiger partial charge in [-0.25, -0.2) is 19.1 Å². The number of halogens is 8. The van der Waals surface area contributed by atoms with Crippen molar-refractivity contribution in [1.82, 2.24) is 0 Å². The Bertz CT molecular complexity index is 930. The number of ether oxygens (including phenoxy) is 4. The van der Waals surface area contributed by atoms with Crippen LogP contribution in [0.1, 0.15) is 0 Å². The Labute approximate surface area is 197 Å². The van der Waals surface area contributed by atoms with Crippen LogP contribution in [0.4, 0.5) is 56.1 Å². The summed E-state index contributed by atoms with van der Waals surface area (Å²) in [5, 5.41) is 3.84. The third-order valence-electron chi connectivity index (χ3n) is 3.68. The number of para-hydroxylation sites is 2. The quantitative estimate of drug-likeness (QED) is 0.351. The lowest BCUT2D eigenvalue weighted by molar-refractivity contribution is -0.515. The van der Waals surface area contributed by atoms with Gasteiger partial charge in [-0.2, -0.15) is 35.1 Å². The summed E-state index contributed by atoms with van der Waals surface area (Å²) in [4.78, 5) is 22.8. The maximum Gasteiger partial charge on any atom is 0.453 e. The number of anilines is 2. The highest BCUT2D eigenvalue weighted by Crippen LogP contribution is 2.43. The van der Waals surface area contributed by atoms with Crippen molar-refractivity contribution in [3.63, 3.8) is 0 Å². The number of amides is 2. The molecule has 16 heteroatoms. The fourth-order valence-corrected chi connectivity index (χ4v) is 2.20. The van der Waals surface area contributed by atoms with Crippen molar-refractivity contribution in [2.45, 2.75) is 24.4 Å². The van der Waals surface area contributed by atoms with Crippen LogP contribution in [0.2, 0.25) is 0 Å². The van der Waals surface area contributed by atoms with Gasteiger partial charge < -0.3 is 9.47 Å². The highest BCUT2D eigenvalue weighted by Gasteiger charge is 2.67. The van der Waals surface area contributed by atoms with Gasteiger partial charge in [0.25, 0.3) is 0 Å². The van der Waals surface area contributed by atoms with E-state index in [4.69, 9.17) is 0 Å². The van der Waals surface area contributed by atoms with Gasteiger partial charge >= 0.3 is 36.6 Å². The van der Waals surface area contributed by atoms with Crippen LogP contribution in [0, 0.1) is 0 Å². The van der Waals surface area contributed by atoms with E-state index in [0.717, 1.165) is 0 Å². The SMILES string of the molecule is O=C(Nc1ccccc1)OCC(F)(F)OC(F)(F)C(F)(F)OC(F)(F)COC(=O)Nc1ccccc1. The fraction of sp³-hybridized carbons (Fsp3) is 0.300. The van der Waals surface area contributed by atoms with Crippen molar-refractivity contribution in [2.24, 2.45) is 0 Å². The van der Waals surface area contributed by atoms with Gasteiger partial charge in [0.05, 0.1) is 0 Å². The van der Waals surface area contributed by atoms with Gasteiger partial charge in [0.15, 0.2) is 13.2 Å². The molecule has 0 radical (unpaired) electrons. The van der Waals surface area contributed by atoms with E-state index in [1.165, 1.54) is 60.7 Å². The fourth-order valence-electron chi connectivity index (χ4n) is 2.20. The number of alkyl halides is 8. The molecule has 8 nitrogen and oxygen atoms in total. The smallest absolute Gasteiger partial charge is 0.440 e. The van der Waals surface area contributed by atoms with Gasteiger partial charge in [0.2, 0.25) is 0 Å². The van der Waals surface area contributed by atoms with E-state index in [0.29, 0.717) is 0 Å². The van der Waals surface area contributed by atoms with Gasteiger partial charge in [0, 0.05) is 11.4 Å². The van der Waals surface area contributed by atoms with Gasteiger partial charge in [-0.1, -0.05) is 36.4 Å². The van der Waals surface area contributed by atoms with E-state index in [2.05, 4.69) is 18.9 Å². The number of nitrogens with one attached hydrogen (secondary N) is 2. The lowest BCUT2D eigenvalue weighted by atomic mass is 10.3. The van der Waals surface area contributed by atoms with Gasteiger partial charge in [-0.05, 0) is 24.3 Å². The Kier molecular flexibility index (Phi) is 9.04. The number of benzene rings is 2. The molecule has 2 amide bonds. The summed E-state index contributed by atoms with van der Waals surface area (Å²) in [6.45, 7) is -4.59. The molecule has 0 aliphatic heterocycles. The van der Waals surface area contributed by atoms with Crippen LogP contribution in [0.15, 0.2) is 60.7 Å². The predicted molar refractivity (Wildman–Crippen MR) is 105 cm³/mol. The molecule has 0 saturated heterocycles. The molecule has 0 heterocycles.